The standard InChI is InChI=1S/C26H26FN7O2/c1-6-12-33-24(35)18-14-28-25(29-16-10-11-17-19(13-16)32(5)15(2)22(17)27)31-23(18)34(33)21-9-7-8-20(30-21)26(3,4)36/h6-11,13-14,36H,1,12H2,2-5H3,(H,28,29,31). The van der Waals surface area contributed by atoms with Gasteiger partial charge in [0.2, 0.25) is 5.95 Å². The number of nitrogens with one attached hydrogen (secondary N) is 1. The van der Waals surface area contributed by atoms with Crippen LogP contribution in [0.5, 0.6) is 0 Å². The second-order valence-electron chi connectivity index (χ2n) is 9.17. The van der Waals surface area contributed by atoms with Crippen LogP contribution in [-0.2, 0) is 19.2 Å². The molecule has 184 valence electrons. The van der Waals surface area contributed by atoms with Gasteiger partial charge in [0.15, 0.2) is 17.3 Å². The Kier molecular flexibility index (Phi) is 5.48. The number of aliphatic hydroxyl groups is 1. The SMILES string of the molecule is C=CCn1c(=O)c2cnc(Nc3ccc4c(F)c(C)n(C)c4c3)nc2n1-c1cccc(C(C)(C)O)n1. The van der Waals surface area contributed by atoms with Crippen molar-refractivity contribution in [3.63, 3.8) is 0 Å². The third kappa shape index (κ3) is 3.75. The molecule has 0 saturated carbocycles. The van der Waals surface area contributed by atoms with Gasteiger partial charge in [-0.1, -0.05) is 12.1 Å². The second-order valence-corrected chi connectivity index (χ2v) is 9.17. The van der Waals surface area contributed by atoms with Crippen LogP contribution in [0.25, 0.3) is 27.8 Å². The molecule has 5 rings (SSSR count). The van der Waals surface area contributed by atoms with Gasteiger partial charge in [0.1, 0.15) is 11.0 Å². The van der Waals surface area contributed by atoms with Gasteiger partial charge in [-0.05, 0) is 51.1 Å². The first kappa shape index (κ1) is 23.4. The van der Waals surface area contributed by atoms with Crippen LogP contribution in [0.4, 0.5) is 16.0 Å². The molecule has 0 amide bonds. The van der Waals surface area contributed by atoms with E-state index in [-0.39, 0.29) is 23.9 Å². The summed E-state index contributed by atoms with van der Waals surface area (Å²) in [7, 11) is 1.81. The third-order valence-corrected chi connectivity index (χ3v) is 6.23. The highest BCUT2D eigenvalue weighted by atomic mass is 19.1. The Hall–Kier alpha value is -4.31. The number of nitrogens with zero attached hydrogens (tertiary/aromatic N) is 6. The van der Waals surface area contributed by atoms with Crippen molar-refractivity contribution < 1.29 is 9.50 Å². The molecular weight excluding hydrogens is 461 g/mol. The zero-order valence-electron chi connectivity index (χ0n) is 20.4. The fourth-order valence-corrected chi connectivity index (χ4v) is 4.21. The highest BCUT2D eigenvalue weighted by molar-refractivity contribution is 5.86. The quantitative estimate of drug-likeness (QED) is 0.350. The molecule has 0 aliphatic heterocycles. The Labute approximate surface area is 206 Å². The van der Waals surface area contributed by atoms with E-state index < -0.39 is 5.60 Å². The Balaban J connectivity index is 1.65. The minimum absolute atomic E-state index is 0.224. The molecule has 0 aliphatic rings. The molecule has 0 bridgehead atoms. The van der Waals surface area contributed by atoms with Crippen LogP contribution >= 0.6 is 0 Å². The van der Waals surface area contributed by atoms with Gasteiger partial charge in [-0.15, -0.1) is 6.58 Å². The Bertz CT molecular complexity index is 1710. The van der Waals surface area contributed by atoms with Gasteiger partial charge in [-0.3, -0.25) is 4.79 Å². The van der Waals surface area contributed by atoms with E-state index in [1.165, 1.54) is 10.9 Å². The first-order valence-electron chi connectivity index (χ1n) is 11.4. The topological polar surface area (TPSA) is 103 Å². The molecule has 0 unspecified atom stereocenters. The van der Waals surface area contributed by atoms with Gasteiger partial charge in [0, 0.05) is 24.3 Å². The predicted molar refractivity (Wildman–Crippen MR) is 137 cm³/mol. The molecule has 0 radical (unpaired) electrons. The number of anilines is 2. The van der Waals surface area contributed by atoms with E-state index in [9.17, 15) is 14.3 Å². The summed E-state index contributed by atoms with van der Waals surface area (Å²) < 4.78 is 19.3. The summed E-state index contributed by atoms with van der Waals surface area (Å²) >= 11 is 0. The molecule has 10 heteroatoms. The molecule has 9 nitrogen and oxygen atoms in total. The highest BCUT2D eigenvalue weighted by Crippen LogP contribution is 2.27. The number of hydrogen-bond acceptors (Lipinski definition) is 6. The largest absolute Gasteiger partial charge is 0.384 e. The van der Waals surface area contributed by atoms with Crippen LogP contribution in [0, 0.1) is 12.7 Å². The number of hydrogen-bond donors (Lipinski definition) is 2. The molecule has 36 heavy (non-hydrogen) atoms. The summed E-state index contributed by atoms with van der Waals surface area (Å²) in [6.07, 6.45) is 3.08. The summed E-state index contributed by atoms with van der Waals surface area (Å²) in [5, 5.41) is 14.5. The summed E-state index contributed by atoms with van der Waals surface area (Å²) in [5.41, 5.74) is 1.29. The molecule has 0 atom stereocenters. The molecule has 1 aromatic carbocycles. The van der Waals surface area contributed by atoms with Gasteiger partial charge >= 0.3 is 0 Å². The van der Waals surface area contributed by atoms with Crippen LogP contribution in [0.3, 0.4) is 0 Å². The van der Waals surface area contributed by atoms with Crippen molar-refractivity contribution in [2.45, 2.75) is 32.9 Å². The number of halogens is 1. The van der Waals surface area contributed by atoms with Crippen LogP contribution in [0.15, 0.2) is 60.0 Å². The molecule has 0 saturated heterocycles. The normalized spacial score (nSPS) is 11.9. The molecular formula is C26H26FN7O2. The zero-order valence-corrected chi connectivity index (χ0v) is 20.4. The first-order chi connectivity index (χ1) is 17.1. The third-order valence-electron chi connectivity index (χ3n) is 6.23. The van der Waals surface area contributed by atoms with Gasteiger partial charge in [-0.2, -0.15) is 4.98 Å². The highest BCUT2D eigenvalue weighted by Gasteiger charge is 2.22. The summed E-state index contributed by atoms with van der Waals surface area (Å²) in [4.78, 5) is 26.7. The smallest absolute Gasteiger partial charge is 0.278 e. The number of allylic oxidation sites excluding steroid dienone is 1. The van der Waals surface area contributed by atoms with E-state index in [0.717, 1.165) is 5.52 Å². The number of fused-ring (bicyclic) bond motifs is 2. The maximum Gasteiger partial charge on any atom is 0.278 e. The molecule has 2 N–H and O–H groups in total. The Morgan fingerprint density at radius 3 is 2.69 bits per heavy atom. The average molecular weight is 488 g/mol. The van der Waals surface area contributed by atoms with Crippen molar-refractivity contribution in [3.8, 4) is 5.82 Å². The zero-order chi connectivity index (χ0) is 25.8. The fraction of sp³-hybridized carbons (Fsp3) is 0.231. The fourth-order valence-electron chi connectivity index (χ4n) is 4.21. The van der Waals surface area contributed by atoms with E-state index in [2.05, 4.69) is 26.8 Å². The number of rotatable bonds is 6. The lowest BCUT2D eigenvalue weighted by Gasteiger charge is -2.18. The molecule has 0 spiro atoms. The van der Waals surface area contributed by atoms with Gasteiger partial charge in [0.25, 0.3) is 5.56 Å². The molecule has 4 aromatic heterocycles. The summed E-state index contributed by atoms with van der Waals surface area (Å²) in [5.74, 6) is 0.436. The number of benzene rings is 1. The minimum Gasteiger partial charge on any atom is -0.384 e. The van der Waals surface area contributed by atoms with Crippen molar-refractivity contribution >= 4 is 33.6 Å². The lowest BCUT2D eigenvalue weighted by Crippen LogP contribution is -2.23. The average Bonchev–Trinajstić information content (AvgIpc) is 3.24. The minimum atomic E-state index is -1.17. The van der Waals surface area contributed by atoms with Gasteiger partial charge in [-0.25, -0.2) is 23.7 Å². The van der Waals surface area contributed by atoms with Crippen LogP contribution in [0.1, 0.15) is 25.2 Å². The molecule has 0 aliphatic carbocycles. The van der Waals surface area contributed by atoms with Crippen molar-refractivity contribution in [1.82, 2.24) is 28.9 Å². The molecule has 0 fully saturated rings. The maximum atomic E-state index is 14.4. The van der Waals surface area contributed by atoms with Crippen molar-refractivity contribution in [2.24, 2.45) is 7.05 Å². The first-order valence-corrected chi connectivity index (χ1v) is 11.4. The van der Waals surface area contributed by atoms with Crippen LogP contribution < -0.4 is 10.9 Å². The maximum absolute atomic E-state index is 14.4. The van der Waals surface area contributed by atoms with Crippen molar-refractivity contribution in [3.05, 3.63) is 82.8 Å². The van der Waals surface area contributed by atoms with E-state index in [1.807, 2.05) is 13.1 Å². The summed E-state index contributed by atoms with van der Waals surface area (Å²) in [6, 6.07) is 10.5. The van der Waals surface area contributed by atoms with E-state index in [1.54, 1.807) is 66.4 Å². The van der Waals surface area contributed by atoms with E-state index >= 15 is 0 Å². The van der Waals surface area contributed by atoms with Crippen LogP contribution in [0.2, 0.25) is 0 Å². The van der Waals surface area contributed by atoms with Crippen molar-refractivity contribution in [2.75, 3.05) is 5.32 Å². The monoisotopic (exact) mass is 487 g/mol. The molecule has 5 aromatic rings. The Morgan fingerprint density at radius 1 is 1.19 bits per heavy atom. The lowest BCUT2D eigenvalue weighted by atomic mass is 10.1. The van der Waals surface area contributed by atoms with Gasteiger partial charge < -0.3 is 15.0 Å². The van der Waals surface area contributed by atoms with Crippen LogP contribution in [-0.4, -0.2) is 34.0 Å². The number of aryl methyl sites for hydroxylation is 1. The lowest BCUT2D eigenvalue weighted by molar-refractivity contribution is 0.0738. The number of pyridine rings is 1. The van der Waals surface area contributed by atoms with E-state index in [4.69, 9.17) is 0 Å². The predicted octanol–water partition coefficient (Wildman–Crippen LogP) is 4.07. The Morgan fingerprint density at radius 2 is 1.97 bits per heavy atom. The van der Waals surface area contributed by atoms with Crippen molar-refractivity contribution in [1.29, 1.82) is 0 Å². The number of aromatic nitrogens is 6. The molecule has 4 heterocycles. The van der Waals surface area contributed by atoms with E-state index in [0.29, 0.717) is 39.3 Å². The second kappa shape index (κ2) is 8.42. The van der Waals surface area contributed by atoms with Gasteiger partial charge in [0.05, 0.1) is 23.4 Å². The summed E-state index contributed by atoms with van der Waals surface area (Å²) in [6.45, 7) is 9.00.